The number of halogens is 1. The van der Waals surface area contributed by atoms with Crippen molar-refractivity contribution in [3.63, 3.8) is 0 Å². The van der Waals surface area contributed by atoms with Gasteiger partial charge >= 0.3 is 0 Å². The second-order valence-electron chi connectivity index (χ2n) is 5.88. The highest BCUT2D eigenvalue weighted by molar-refractivity contribution is 7.99. The molecule has 0 saturated carbocycles. The summed E-state index contributed by atoms with van der Waals surface area (Å²) in [7, 11) is 0. The van der Waals surface area contributed by atoms with Crippen molar-refractivity contribution in [1.82, 2.24) is 24.6 Å². The highest BCUT2D eigenvalue weighted by Crippen LogP contribution is 2.25. The molecule has 0 bridgehead atoms. The number of rotatable bonds is 6. The number of hydrogen-bond donors (Lipinski definition) is 0. The molecule has 2 aromatic rings. The summed E-state index contributed by atoms with van der Waals surface area (Å²) >= 11 is 7.35. The first-order chi connectivity index (χ1) is 12.1. The summed E-state index contributed by atoms with van der Waals surface area (Å²) in [6.07, 6.45) is 7.17. The van der Waals surface area contributed by atoms with Crippen LogP contribution in [-0.2, 0) is 11.3 Å². The Morgan fingerprint density at radius 1 is 1.32 bits per heavy atom. The zero-order valence-corrected chi connectivity index (χ0v) is 15.5. The van der Waals surface area contributed by atoms with Gasteiger partial charge in [0.15, 0.2) is 11.0 Å². The number of pyridine rings is 1. The summed E-state index contributed by atoms with van der Waals surface area (Å²) in [5.74, 6) is 1.45. The molecule has 0 aliphatic carbocycles. The quantitative estimate of drug-likeness (QED) is 0.722. The molecule has 0 spiro atoms. The van der Waals surface area contributed by atoms with Gasteiger partial charge in [0.25, 0.3) is 0 Å². The van der Waals surface area contributed by atoms with Gasteiger partial charge in [-0.25, -0.2) is 0 Å². The maximum absolute atomic E-state index is 12.3. The monoisotopic (exact) mass is 377 g/mol. The summed E-state index contributed by atoms with van der Waals surface area (Å²) in [4.78, 5) is 18.4. The smallest absolute Gasteiger partial charge is 0.222 e. The molecule has 3 rings (SSSR count). The average Bonchev–Trinajstić information content (AvgIpc) is 2.90. The molecule has 6 nitrogen and oxygen atoms in total. The van der Waals surface area contributed by atoms with Gasteiger partial charge in [-0.1, -0.05) is 36.4 Å². The predicted molar refractivity (Wildman–Crippen MR) is 98.8 cm³/mol. The van der Waals surface area contributed by atoms with Crippen LogP contribution in [0.15, 0.2) is 41.3 Å². The molecule has 132 valence electrons. The molecular formula is C17H20ClN5OS. The van der Waals surface area contributed by atoms with Crippen LogP contribution in [0.3, 0.4) is 0 Å². The van der Waals surface area contributed by atoms with Crippen molar-refractivity contribution in [2.45, 2.75) is 37.4 Å². The molecule has 1 saturated heterocycles. The lowest BCUT2D eigenvalue weighted by molar-refractivity contribution is -0.131. The Morgan fingerprint density at radius 2 is 2.20 bits per heavy atom. The Hall–Kier alpha value is -1.86. The number of thioether (sulfide) groups is 1. The van der Waals surface area contributed by atoms with E-state index in [9.17, 15) is 4.79 Å². The molecular weight excluding hydrogens is 358 g/mol. The topological polar surface area (TPSA) is 63.9 Å². The van der Waals surface area contributed by atoms with Gasteiger partial charge in [0, 0.05) is 29.9 Å². The number of carbonyl (C=O) groups excluding carboxylic acids is 1. The molecule has 0 atom stereocenters. The summed E-state index contributed by atoms with van der Waals surface area (Å²) < 4.78 is 1.94. The lowest BCUT2D eigenvalue weighted by Gasteiger charge is -2.20. The highest BCUT2D eigenvalue weighted by atomic mass is 35.5. The van der Waals surface area contributed by atoms with E-state index in [1.807, 2.05) is 21.6 Å². The third-order valence-electron chi connectivity index (χ3n) is 3.97. The summed E-state index contributed by atoms with van der Waals surface area (Å²) in [6.45, 7) is 4.93. The largest absolute Gasteiger partial charge is 0.335 e. The van der Waals surface area contributed by atoms with Gasteiger partial charge in [0.05, 0.1) is 18.4 Å². The Bertz CT molecular complexity index is 749. The third kappa shape index (κ3) is 4.61. The Kier molecular flexibility index (Phi) is 6.09. The fraction of sp³-hybridized carbons (Fsp3) is 0.412. The number of hydrogen-bond acceptors (Lipinski definition) is 5. The Morgan fingerprint density at radius 3 is 2.96 bits per heavy atom. The van der Waals surface area contributed by atoms with E-state index in [0.717, 1.165) is 37.3 Å². The number of likely N-dealkylation sites (tertiary alicyclic amines) is 1. The van der Waals surface area contributed by atoms with Crippen LogP contribution in [0.25, 0.3) is 5.69 Å². The van der Waals surface area contributed by atoms with E-state index in [0.29, 0.717) is 28.9 Å². The molecule has 0 radical (unpaired) electrons. The fourth-order valence-corrected chi connectivity index (χ4v) is 3.65. The molecule has 0 N–H and O–H groups in total. The molecule has 0 aromatic carbocycles. The van der Waals surface area contributed by atoms with Gasteiger partial charge in [-0.3, -0.25) is 14.3 Å². The van der Waals surface area contributed by atoms with E-state index in [1.54, 1.807) is 12.4 Å². The van der Waals surface area contributed by atoms with Gasteiger partial charge in [-0.2, -0.15) is 0 Å². The third-order valence-corrected chi connectivity index (χ3v) is 5.27. The molecule has 2 aromatic heterocycles. The van der Waals surface area contributed by atoms with Crippen LogP contribution in [0.1, 0.15) is 31.5 Å². The van der Waals surface area contributed by atoms with Crippen LogP contribution < -0.4 is 0 Å². The Labute approximate surface area is 156 Å². The van der Waals surface area contributed by atoms with Crippen LogP contribution in [0.2, 0.25) is 0 Å². The SMILES string of the molecule is C=C(Cl)CSc1nnc(CN2CCCCCC2=O)n1-c1cccnc1. The second kappa shape index (κ2) is 8.49. The summed E-state index contributed by atoms with van der Waals surface area (Å²) in [5.41, 5.74) is 0.868. The minimum atomic E-state index is 0.182. The fourth-order valence-electron chi connectivity index (χ4n) is 2.76. The number of carbonyl (C=O) groups is 1. The van der Waals surface area contributed by atoms with Crippen molar-refractivity contribution in [2.24, 2.45) is 0 Å². The number of nitrogens with zero attached hydrogens (tertiary/aromatic N) is 5. The van der Waals surface area contributed by atoms with E-state index < -0.39 is 0 Å². The highest BCUT2D eigenvalue weighted by Gasteiger charge is 2.21. The van der Waals surface area contributed by atoms with E-state index in [-0.39, 0.29) is 5.91 Å². The van der Waals surface area contributed by atoms with Crippen molar-refractivity contribution in [1.29, 1.82) is 0 Å². The molecule has 25 heavy (non-hydrogen) atoms. The first kappa shape index (κ1) is 17.9. The normalized spacial score (nSPS) is 15.2. The van der Waals surface area contributed by atoms with E-state index in [1.165, 1.54) is 11.8 Å². The van der Waals surface area contributed by atoms with Gasteiger partial charge in [0.1, 0.15) is 0 Å². The van der Waals surface area contributed by atoms with Crippen molar-refractivity contribution in [3.8, 4) is 5.69 Å². The van der Waals surface area contributed by atoms with Gasteiger partial charge in [-0.15, -0.1) is 10.2 Å². The van der Waals surface area contributed by atoms with E-state index in [4.69, 9.17) is 11.6 Å². The van der Waals surface area contributed by atoms with E-state index in [2.05, 4.69) is 21.8 Å². The first-order valence-corrected chi connectivity index (χ1v) is 9.60. The molecule has 8 heteroatoms. The van der Waals surface area contributed by atoms with Gasteiger partial charge < -0.3 is 4.90 Å². The van der Waals surface area contributed by atoms with Gasteiger partial charge in [-0.05, 0) is 25.0 Å². The molecule has 1 aliphatic rings. The van der Waals surface area contributed by atoms with Crippen LogP contribution in [0, 0.1) is 0 Å². The van der Waals surface area contributed by atoms with E-state index >= 15 is 0 Å². The van der Waals surface area contributed by atoms with Crippen molar-refractivity contribution in [3.05, 3.63) is 42.0 Å². The van der Waals surface area contributed by atoms with Crippen LogP contribution >= 0.6 is 23.4 Å². The van der Waals surface area contributed by atoms with Crippen molar-refractivity contribution >= 4 is 29.3 Å². The molecule has 1 amide bonds. The number of amides is 1. The Balaban J connectivity index is 1.90. The minimum Gasteiger partial charge on any atom is -0.335 e. The van der Waals surface area contributed by atoms with Crippen LogP contribution in [0.4, 0.5) is 0 Å². The molecule has 1 fully saturated rings. The summed E-state index contributed by atoms with van der Waals surface area (Å²) in [6, 6.07) is 3.81. The molecule has 0 unspecified atom stereocenters. The average molecular weight is 378 g/mol. The zero-order valence-electron chi connectivity index (χ0n) is 13.9. The minimum absolute atomic E-state index is 0.182. The van der Waals surface area contributed by atoms with Crippen LogP contribution in [0.5, 0.6) is 0 Å². The zero-order chi connectivity index (χ0) is 17.6. The molecule has 3 heterocycles. The summed E-state index contributed by atoms with van der Waals surface area (Å²) in [5, 5.41) is 9.88. The predicted octanol–water partition coefficient (Wildman–Crippen LogP) is 3.41. The maximum Gasteiger partial charge on any atom is 0.222 e. The first-order valence-electron chi connectivity index (χ1n) is 8.23. The number of aromatic nitrogens is 4. The van der Waals surface area contributed by atoms with Crippen LogP contribution in [-0.4, -0.2) is 42.9 Å². The van der Waals surface area contributed by atoms with Gasteiger partial charge in [0.2, 0.25) is 5.91 Å². The standard InChI is InChI=1S/C17H20ClN5OS/c1-13(18)12-25-17-21-20-15(23(17)14-6-5-8-19-10-14)11-22-9-4-2-3-7-16(22)24/h5-6,8,10H,1-4,7,9,11-12H2. The van der Waals surface area contributed by atoms with Crippen molar-refractivity contribution < 1.29 is 4.79 Å². The lowest BCUT2D eigenvalue weighted by Crippen LogP contribution is -2.31. The second-order valence-corrected chi connectivity index (χ2v) is 7.35. The van der Waals surface area contributed by atoms with Crippen molar-refractivity contribution in [2.75, 3.05) is 12.3 Å². The molecule has 1 aliphatic heterocycles. The maximum atomic E-state index is 12.3. The lowest BCUT2D eigenvalue weighted by atomic mass is 10.2.